The van der Waals surface area contributed by atoms with E-state index in [0.717, 1.165) is 8.39 Å². The van der Waals surface area contributed by atoms with Crippen LogP contribution in [0.1, 0.15) is 0 Å². The van der Waals surface area contributed by atoms with E-state index in [2.05, 4.69) is 42.9 Å². The molecule has 2 heterocycles. The average molecular weight is 293 g/mol. The van der Waals surface area contributed by atoms with Gasteiger partial charge in [0, 0.05) is 6.20 Å². The molecular formula is C7H3Br2NS. The van der Waals surface area contributed by atoms with Crippen molar-refractivity contribution in [3.8, 4) is 0 Å². The Hall–Kier alpha value is 0.0700. The van der Waals surface area contributed by atoms with E-state index in [0.29, 0.717) is 0 Å². The van der Waals surface area contributed by atoms with Gasteiger partial charge in [0.05, 0.1) is 8.49 Å². The maximum absolute atomic E-state index is 4.13. The lowest BCUT2D eigenvalue weighted by molar-refractivity contribution is 1.32. The van der Waals surface area contributed by atoms with Gasteiger partial charge in [0.2, 0.25) is 0 Å². The summed E-state index contributed by atoms with van der Waals surface area (Å²) >= 11 is 8.50. The third-order valence-corrected chi connectivity index (χ3v) is 3.88. The van der Waals surface area contributed by atoms with Crippen molar-refractivity contribution in [2.24, 2.45) is 0 Å². The Kier molecular flexibility index (Phi) is 1.99. The van der Waals surface area contributed by atoms with Crippen molar-refractivity contribution in [1.82, 2.24) is 4.98 Å². The van der Waals surface area contributed by atoms with E-state index >= 15 is 0 Å². The first-order valence-corrected chi connectivity index (χ1v) is 5.37. The Balaban J connectivity index is 2.90. The molecule has 0 saturated heterocycles. The Morgan fingerprint density at radius 2 is 2.18 bits per heavy atom. The van der Waals surface area contributed by atoms with Crippen LogP contribution in [0.3, 0.4) is 0 Å². The summed E-state index contributed by atoms with van der Waals surface area (Å²) in [5.41, 5.74) is 0. The average Bonchev–Trinajstić information content (AvgIpc) is 2.31. The molecule has 0 atom stereocenters. The minimum atomic E-state index is 0.922. The van der Waals surface area contributed by atoms with Crippen molar-refractivity contribution in [3.63, 3.8) is 0 Å². The molecule has 1 nitrogen and oxygen atoms in total. The van der Waals surface area contributed by atoms with Crippen LogP contribution in [0.25, 0.3) is 10.1 Å². The van der Waals surface area contributed by atoms with Gasteiger partial charge in [-0.05, 0) is 49.4 Å². The van der Waals surface area contributed by atoms with Gasteiger partial charge in [0.1, 0.15) is 4.60 Å². The predicted molar refractivity (Wildman–Crippen MR) is 55.0 cm³/mol. The van der Waals surface area contributed by atoms with Crippen LogP contribution in [0, 0.1) is 0 Å². The van der Waals surface area contributed by atoms with Crippen LogP contribution in [0.5, 0.6) is 0 Å². The predicted octanol–water partition coefficient (Wildman–Crippen LogP) is 3.82. The highest BCUT2D eigenvalue weighted by atomic mass is 79.9. The summed E-state index contributed by atoms with van der Waals surface area (Å²) in [6.45, 7) is 0. The minimum Gasteiger partial charge on any atom is -0.248 e. The molecular weight excluding hydrogens is 290 g/mol. The molecule has 0 radical (unpaired) electrons. The third-order valence-electron chi connectivity index (χ3n) is 1.36. The summed E-state index contributed by atoms with van der Waals surface area (Å²) in [5.74, 6) is 0. The zero-order chi connectivity index (χ0) is 7.84. The Bertz CT molecular complexity index is 396. The van der Waals surface area contributed by atoms with Crippen LogP contribution in [0.4, 0.5) is 0 Å². The van der Waals surface area contributed by atoms with Crippen molar-refractivity contribution < 1.29 is 0 Å². The second kappa shape index (κ2) is 2.84. The quantitative estimate of drug-likeness (QED) is 0.673. The van der Waals surface area contributed by atoms with Gasteiger partial charge >= 0.3 is 0 Å². The number of hydrogen-bond donors (Lipinski definition) is 0. The van der Waals surface area contributed by atoms with E-state index in [9.17, 15) is 0 Å². The first-order chi connectivity index (χ1) is 5.27. The molecule has 2 aromatic rings. The number of rotatable bonds is 0. The van der Waals surface area contributed by atoms with E-state index < -0.39 is 0 Å². The molecule has 56 valence electrons. The van der Waals surface area contributed by atoms with Crippen LogP contribution in [-0.4, -0.2) is 4.98 Å². The van der Waals surface area contributed by atoms with E-state index in [1.165, 1.54) is 10.1 Å². The van der Waals surface area contributed by atoms with Crippen LogP contribution in [0.15, 0.2) is 26.7 Å². The van der Waals surface area contributed by atoms with Crippen molar-refractivity contribution >= 4 is 53.3 Å². The van der Waals surface area contributed by atoms with Gasteiger partial charge in [-0.15, -0.1) is 11.3 Å². The van der Waals surface area contributed by atoms with Crippen molar-refractivity contribution in [2.75, 3.05) is 0 Å². The van der Waals surface area contributed by atoms with Gasteiger partial charge < -0.3 is 0 Å². The molecule has 0 aliphatic rings. The number of fused-ring (bicyclic) bond motifs is 1. The molecule has 0 aromatic carbocycles. The van der Waals surface area contributed by atoms with Gasteiger partial charge in [-0.1, -0.05) is 0 Å². The van der Waals surface area contributed by atoms with E-state index in [4.69, 9.17) is 0 Å². The fourth-order valence-corrected chi connectivity index (χ4v) is 2.99. The second-order valence-electron chi connectivity index (χ2n) is 2.07. The standard InChI is InChI=1S/C7H3Br2NS/c8-5-3-4-1-2-10-7(9)6(4)11-5/h1-3H. The number of halogens is 2. The summed E-state index contributed by atoms with van der Waals surface area (Å²) in [4.78, 5) is 4.13. The van der Waals surface area contributed by atoms with Crippen LogP contribution in [0.2, 0.25) is 0 Å². The molecule has 2 aromatic heterocycles. The van der Waals surface area contributed by atoms with Gasteiger partial charge in [-0.2, -0.15) is 0 Å². The molecule has 0 saturated carbocycles. The molecule has 11 heavy (non-hydrogen) atoms. The van der Waals surface area contributed by atoms with E-state index in [1.54, 1.807) is 17.5 Å². The van der Waals surface area contributed by atoms with Gasteiger partial charge in [-0.3, -0.25) is 0 Å². The topological polar surface area (TPSA) is 12.9 Å². The highest BCUT2D eigenvalue weighted by Crippen LogP contribution is 2.33. The van der Waals surface area contributed by atoms with E-state index in [-0.39, 0.29) is 0 Å². The lowest BCUT2D eigenvalue weighted by Crippen LogP contribution is -1.70. The highest BCUT2D eigenvalue weighted by Gasteiger charge is 2.02. The summed E-state index contributed by atoms with van der Waals surface area (Å²) in [7, 11) is 0. The molecule has 0 fully saturated rings. The largest absolute Gasteiger partial charge is 0.248 e. The monoisotopic (exact) mass is 291 g/mol. The summed E-state index contributed by atoms with van der Waals surface area (Å²) < 4.78 is 3.26. The van der Waals surface area contributed by atoms with Crippen LogP contribution < -0.4 is 0 Å². The number of thiophene rings is 1. The smallest absolute Gasteiger partial charge is 0.123 e. The molecule has 2 rings (SSSR count). The number of pyridine rings is 1. The molecule has 0 spiro atoms. The number of nitrogens with zero attached hydrogens (tertiary/aromatic N) is 1. The zero-order valence-electron chi connectivity index (χ0n) is 5.34. The van der Waals surface area contributed by atoms with Gasteiger partial charge in [0.15, 0.2) is 0 Å². The normalized spacial score (nSPS) is 10.7. The Labute approximate surface area is 84.7 Å². The molecule has 4 heteroatoms. The molecule has 0 unspecified atom stereocenters. The molecule has 0 N–H and O–H groups in total. The fourth-order valence-electron chi connectivity index (χ4n) is 0.900. The summed E-state index contributed by atoms with van der Waals surface area (Å²) in [6, 6.07) is 4.09. The van der Waals surface area contributed by atoms with Crippen LogP contribution in [-0.2, 0) is 0 Å². The minimum absolute atomic E-state index is 0.922. The van der Waals surface area contributed by atoms with Crippen molar-refractivity contribution in [2.45, 2.75) is 0 Å². The first-order valence-electron chi connectivity index (χ1n) is 2.97. The van der Waals surface area contributed by atoms with Crippen molar-refractivity contribution in [1.29, 1.82) is 0 Å². The van der Waals surface area contributed by atoms with Gasteiger partial charge in [-0.25, -0.2) is 4.98 Å². The molecule has 0 aliphatic heterocycles. The lowest BCUT2D eigenvalue weighted by atomic mass is 10.3. The molecule has 0 aliphatic carbocycles. The molecule has 0 bridgehead atoms. The highest BCUT2D eigenvalue weighted by molar-refractivity contribution is 9.11. The second-order valence-corrected chi connectivity index (χ2v) is 5.25. The van der Waals surface area contributed by atoms with Crippen molar-refractivity contribution in [3.05, 3.63) is 26.7 Å². The Morgan fingerprint density at radius 3 is 2.91 bits per heavy atom. The zero-order valence-corrected chi connectivity index (χ0v) is 9.33. The van der Waals surface area contributed by atoms with E-state index in [1.807, 2.05) is 6.07 Å². The summed E-state index contributed by atoms with van der Waals surface area (Å²) in [6.07, 6.45) is 1.80. The maximum atomic E-state index is 4.13. The lowest BCUT2D eigenvalue weighted by Gasteiger charge is -1.88. The third kappa shape index (κ3) is 1.35. The molecule has 0 amide bonds. The number of hydrogen-bond acceptors (Lipinski definition) is 2. The first kappa shape index (κ1) is 7.71. The number of aromatic nitrogens is 1. The fraction of sp³-hybridized carbons (Fsp3) is 0. The van der Waals surface area contributed by atoms with Gasteiger partial charge in [0.25, 0.3) is 0 Å². The van der Waals surface area contributed by atoms with Crippen LogP contribution >= 0.6 is 43.2 Å². The summed E-state index contributed by atoms with van der Waals surface area (Å²) in [5, 5.41) is 1.23. The SMILES string of the molecule is Brc1cc2ccnc(Br)c2s1. The Morgan fingerprint density at radius 1 is 1.36 bits per heavy atom. The maximum Gasteiger partial charge on any atom is 0.123 e.